The third-order valence-electron chi connectivity index (χ3n) is 3.86. The number of rotatable bonds is 9. The summed E-state index contributed by atoms with van der Waals surface area (Å²) in [5.74, 6) is 1.37. The molecule has 6 heteroatoms. The van der Waals surface area contributed by atoms with Crippen LogP contribution in [0.2, 0.25) is 0 Å². The highest BCUT2D eigenvalue weighted by Gasteiger charge is 2.00. The Bertz CT molecular complexity index is 902. The number of benzene rings is 2. The molecule has 1 aromatic heterocycles. The summed E-state index contributed by atoms with van der Waals surface area (Å²) in [5.41, 5.74) is 1.82. The Morgan fingerprint density at radius 2 is 1.79 bits per heavy atom. The van der Waals surface area contributed by atoms with E-state index in [9.17, 15) is 4.79 Å². The fourth-order valence-corrected chi connectivity index (χ4v) is 2.52. The minimum absolute atomic E-state index is 0.178. The zero-order valence-electron chi connectivity index (χ0n) is 15.7. The summed E-state index contributed by atoms with van der Waals surface area (Å²) < 4.78 is 12.7. The minimum atomic E-state index is -0.178. The van der Waals surface area contributed by atoms with Crippen LogP contribution in [0.4, 0.5) is 0 Å². The van der Waals surface area contributed by atoms with Gasteiger partial charge in [0.25, 0.3) is 0 Å². The molecule has 1 amide bonds. The summed E-state index contributed by atoms with van der Waals surface area (Å²) in [7, 11) is 0. The number of nitrogens with zero attached hydrogens (tertiary/aromatic N) is 2. The molecule has 0 aliphatic carbocycles. The van der Waals surface area contributed by atoms with Crippen LogP contribution in [-0.4, -0.2) is 35.4 Å². The lowest BCUT2D eigenvalue weighted by Gasteiger charge is -2.08. The SMILES string of the molecule is CCOc1ccc(OCCNC(=O)/C=C/c2cnn(-c3ccccc3)c2)cc1. The molecule has 144 valence electrons. The van der Waals surface area contributed by atoms with E-state index in [0.29, 0.717) is 19.8 Å². The molecule has 1 N–H and O–H groups in total. The Hall–Kier alpha value is -3.54. The summed E-state index contributed by atoms with van der Waals surface area (Å²) in [5, 5.41) is 7.09. The number of nitrogens with one attached hydrogen (secondary N) is 1. The van der Waals surface area contributed by atoms with E-state index in [-0.39, 0.29) is 5.91 Å². The van der Waals surface area contributed by atoms with Crippen LogP contribution in [0, 0.1) is 0 Å². The van der Waals surface area contributed by atoms with Crippen molar-refractivity contribution in [1.29, 1.82) is 0 Å². The molecule has 0 aliphatic heterocycles. The number of amides is 1. The zero-order chi connectivity index (χ0) is 19.6. The van der Waals surface area contributed by atoms with E-state index < -0.39 is 0 Å². The molecule has 28 heavy (non-hydrogen) atoms. The fraction of sp³-hybridized carbons (Fsp3) is 0.182. The first-order chi connectivity index (χ1) is 13.7. The van der Waals surface area contributed by atoms with Gasteiger partial charge in [-0.1, -0.05) is 18.2 Å². The number of hydrogen-bond acceptors (Lipinski definition) is 4. The summed E-state index contributed by atoms with van der Waals surface area (Å²) in [6.07, 6.45) is 6.80. The maximum absolute atomic E-state index is 11.9. The van der Waals surface area contributed by atoms with Gasteiger partial charge in [0.2, 0.25) is 5.91 Å². The zero-order valence-corrected chi connectivity index (χ0v) is 15.7. The number of para-hydroxylation sites is 1. The van der Waals surface area contributed by atoms with Gasteiger partial charge in [0.15, 0.2) is 0 Å². The maximum Gasteiger partial charge on any atom is 0.244 e. The van der Waals surface area contributed by atoms with Gasteiger partial charge in [-0.3, -0.25) is 4.79 Å². The van der Waals surface area contributed by atoms with Crippen LogP contribution in [0.15, 0.2) is 73.1 Å². The van der Waals surface area contributed by atoms with E-state index in [1.807, 2.05) is 67.7 Å². The van der Waals surface area contributed by atoms with Gasteiger partial charge in [-0.25, -0.2) is 4.68 Å². The number of ether oxygens (including phenoxy) is 2. The molecule has 2 aromatic carbocycles. The lowest BCUT2D eigenvalue weighted by molar-refractivity contribution is -0.116. The van der Waals surface area contributed by atoms with Gasteiger partial charge >= 0.3 is 0 Å². The first-order valence-electron chi connectivity index (χ1n) is 9.16. The molecule has 0 saturated heterocycles. The van der Waals surface area contributed by atoms with E-state index in [1.54, 1.807) is 17.0 Å². The van der Waals surface area contributed by atoms with E-state index in [2.05, 4.69) is 10.4 Å². The minimum Gasteiger partial charge on any atom is -0.494 e. The van der Waals surface area contributed by atoms with Crippen molar-refractivity contribution < 1.29 is 14.3 Å². The molecule has 0 aliphatic rings. The number of carbonyl (C=O) groups excluding carboxylic acids is 1. The van der Waals surface area contributed by atoms with Crippen LogP contribution in [0.1, 0.15) is 12.5 Å². The van der Waals surface area contributed by atoms with Crippen molar-refractivity contribution >= 4 is 12.0 Å². The van der Waals surface area contributed by atoms with Crippen molar-refractivity contribution in [3.63, 3.8) is 0 Å². The second-order valence-corrected chi connectivity index (χ2v) is 5.93. The van der Waals surface area contributed by atoms with Crippen LogP contribution in [0.5, 0.6) is 11.5 Å². The lowest BCUT2D eigenvalue weighted by atomic mass is 10.3. The Morgan fingerprint density at radius 3 is 2.50 bits per heavy atom. The molecule has 1 heterocycles. The predicted molar refractivity (Wildman–Crippen MR) is 109 cm³/mol. The van der Waals surface area contributed by atoms with Gasteiger partial charge in [-0.05, 0) is 49.4 Å². The third-order valence-corrected chi connectivity index (χ3v) is 3.86. The smallest absolute Gasteiger partial charge is 0.244 e. The van der Waals surface area contributed by atoms with Crippen molar-refractivity contribution in [1.82, 2.24) is 15.1 Å². The van der Waals surface area contributed by atoms with E-state index in [4.69, 9.17) is 9.47 Å². The van der Waals surface area contributed by atoms with E-state index in [1.165, 1.54) is 6.08 Å². The Labute approximate surface area is 164 Å². The van der Waals surface area contributed by atoms with Gasteiger partial charge in [0.05, 0.1) is 25.0 Å². The van der Waals surface area contributed by atoms with Crippen LogP contribution in [0.25, 0.3) is 11.8 Å². The topological polar surface area (TPSA) is 65.4 Å². The number of hydrogen-bond donors (Lipinski definition) is 1. The highest BCUT2D eigenvalue weighted by molar-refractivity contribution is 5.91. The molecule has 0 unspecified atom stereocenters. The molecular weight excluding hydrogens is 354 g/mol. The molecule has 0 spiro atoms. The van der Waals surface area contributed by atoms with Gasteiger partial charge in [0, 0.05) is 17.8 Å². The number of aromatic nitrogens is 2. The summed E-state index contributed by atoms with van der Waals surface area (Å²) in [4.78, 5) is 11.9. The predicted octanol–water partition coefficient (Wildman–Crippen LogP) is 3.48. The maximum atomic E-state index is 11.9. The number of carbonyl (C=O) groups is 1. The van der Waals surface area contributed by atoms with Crippen LogP contribution >= 0.6 is 0 Å². The highest BCUT2D eigenvalue weighted by atomic mass is 16.5. The fourth-order valence-electron chi connectivity index (χ4n) is 2.52. The molecule has 0 fully saturated rings. The average molecular weight is 377 g/mol. The Kier molecular flexibility index (Phi) is 6.84. The summed E-state index contributed by atoms with van der Waals surface area (Å²) in [6.45, 7) is 3.38. The van der Waals surface area contributed by atoms with Crippen molar-refractivity contribution in [2.45, 2.75) is 6.92 Å². The van der Waals surface area contributed by atoms with E-state index >= 15 is 0 Å². The molecule has 0 bridgehead atoms. The van der Waals surface area contributed by atoms with Crippen molar-refractivity contribution in [3.05, 3.63) is 78.6 Å². The summed E-state index contributed by atoms with van der Waals surface area (Å²) >= 11 is 0. The normalized spacial score (nSPS) is 10.8. The van der Waals surface area contributed by atoms with Gasteiger partial charge in [-0.15, -0.1) is 0 Å². The monoisotopic (exact) mass is 377 g/mol. The molecule has 6 nitrogen and oxygen atoms in total. The van der Waals surface area contributed by atoms with Crippen LogP contribution < -0.4 is 14.8 Å². The second-order valence-electron chi connectivity index (χ2n) is 5.93. The van der Waals surface area contributed by atoms with Crippen molar-refractivity contribution in [2.75, 3.05) is 19.8 Å². The molecule has 0 radical (unpaired) electrons. The Balaban J connectivity index is 1.40. The standard InChI is InChI=1S/C22H23N3O3/c1-2-27-20-9-11-21(12-10-20)28-15-14-23-22(26)13-8-18-16-24-25(17-18)19-6-4-3-5-7-19/h3-13,16-17H,2,14-15H2,1H3,(H,23,26)/b13-8+. The van der Waals surface area contributed by atoms with Gasteiger partial charge < -0.3 is 14.8 Å². The molecule has 3 aromatic rings. The quantitative estimate of drug-likeness (QED) is 0.458. The average Bonchev–Trinajstić information content (AvgIpc) is 3.21. The third kappa shape index (κ3) is 5.74. The summed E-state index contributed by atoms with van der Waals surface area (Å²) in [6, 6.07) is 17.2. The Morgan fingerprint density at radius 1 is 1.07 bits per heavy atom. The molecule has 0 atom stereocenters. The van der Waals surface area contributed by atoms with Crippen molar-refractivity contribution in [2.24, 2.45) is 0 Å². The van der Waals surface area contributed by atoms with Crippen LogP contribution in [0.3, 0.4) is 0 Å². The first-order valence-corrected chi connectivity index (χ1v) is 9.16. The molecule has 3 rings (SSSR count). The van der Waals surface area contributed by atoms with Crippen LogP contribution in [-0.2, 0) is 4.79 Å². The lowest BCUT2D eigenvalue weighted by Crippen LogP contribution is -2.26. The van der Waals surface area contributed by atoms with E-state index in [0.717, 1.165) is 22.7 Å². The van der Waals surface area contributed by atoms with Gasteiger partial charge in [0.1, 0.15) is 18.1 Å². The molecular formula is C22H23N3O3. The highest BCUT2D eigenvalue weighted by Crippen LogP contribution is 2.17. The second kappa shape index (κ2) is 9.97. The van der Waals surface area contributed by atoms with Crippen molar-refractivity contribution in [3.8, 4) is 17.2 Å². The largest absolute Gasteiger partial charge is 0.494 e. The molecule has 0 saturated carbocycles. The van der Waals surface area contributed by atoms with Gasteiger partial charge in [-0.2, -0.15) is 5.10 Å². The first kappa shape index (κ1) is 19.2.